The van der Waals surface area contributed by atoms with E-state index in [9.17, 15) is 4.79 Å². The summed E-state index contributed by atoms with van der Waals surface area (Å²) in [4.78, 5) is 11.5. The molecular formula is C13H20N2O3. The Morgan fingerprint density at radius 3 is 2.83 bits per heavy atom. The van der Waals surface area contributed by atoms with Crippen molar-refractivity contribution in [2.75, 3.05) is 19.5 Å². The highest BCUT2D eigenvalue weighted by Crippen LogP contribution is 2.26. The van der Waals surface area contributed by atoms with Gasteiger partial charge in [-0.3, -0.25) is 4.79 Å². The minimum absolute atomic E-state index is 0.0539. The topological polar surface area (TPSA) is 73.6 Å². The van der Waals surface area contributed by atoms with Gasteiger partial charge in [0.2, 0.25) is 0 Å². The fourth-order valence-electron chi connectivity index (χ4n) is 1.33. The van der Waals surface area contributed by atoms with Gasteiger partial charge in [-0.05, 0) is 25.5 Å². The molecule has 0 fully saturated rings. The van der Waals surface area contributed by atoms with Gasteiger partial charge in [0.25, 0.3) is 5.91 Å². The maximum absolute atomic E-state index is 11.5. The molecule has 0 aliphatic rings. The average Bonchev–Trinajstić information content (AvgIpc) is 2.37. The van der Waals surface area contributed by atoms with E-state index in [1.54, 1.807) is 25.3 Å². The van der Waals surface area contributed by atoms with E-state index in [1.807, 2.05) is 13.8 Å². The molecule has 18 heavy (non-hydrogen) atoms. The van der Waals surface area contributed by atoms with Crippen LogP contribution in [0.5, 0.6) is 11.5 Å². The molecule has 5 heteroatoms. The normalized spacial score (nSPS) is 11.7. The molecule has 0 aromatic heterocycles. The number of carbonyl (C=O) groups excluding carboxylic acids is 1. The van der Waals surface area contributed by atoms with Gasteiger partial charge in [-0.1, -0.05) is 6.92 Å². The third kappa shape index (κ3) is 4.16. The second kappa shape index (κ2) is 6.74. The SMILES string of the molecule is CCC(C)NC(=O)COc1cc(OC)ccc1N. The Kier molecular flexibility index (Phi) is 5.30. The van der Waals surface area contributed by atoms with Crippen LogP contribution in [0.15, 0.2) is 18.2 Å². The van der Waals surface area contributed by atoms with E-state index < -0.39 is 0 Å². The van der Waals surface area contributed by atoms with E-state index >= 15 is 0 Å². The van der Waals surface area contributed by atoms with Crippen molar-refractivity contribution in [2.45, 2.75) is 26.3 Å². The Labute approximate surface area is 107 Å². The van der Waals surface area contributed by atoms with E-state index in [0.29, 0.717) is 17.2 Å². The summed E-state index contributed by atoms with van der Waals surface area (Å²) >= 11 is 0. The average molecular weight is 252 g/mol. The van der Waals surface area contributed by atoms with Crippen molar-refractivity contribution >= 4 is 11.6 Å². The van der Waals surface area contributed by atoms with Gasteiger partial charge >= 0.3 is 0 Å². The van der Waals surface area contributed by atoms with Crippen LogP contribution in [0.25, 0.3) is 0 Å². The van der Waals surface area contributed by atoms with Crippen LogP contribution in [0.2, 0.25) is 0 Å². The fourth-order valence-corrected chi connectivity index (χ4v) is 1.33. The number of ether oxygens (including phenoxy) is 2. The van der Waals surface area contributed by atoms with Crippen LogP contribution in [-0.4, -0.2) is 25.7 Å². The predicted octanol–water partition coefficient (Wildman–Crippen LogP) is 1.57. The highest BCUT2D eigenvalue weighted by molar-refractivity contribution is 5.78. The van der Waals surface area contributed by atoms with Crippen LogP contribution in [-0.2, 0) is 4.79 Å². The molecule has 1 aromatic rings. The van der Waals surface area contributed by atoms with E-state index in [1.165, 1.54) is 0 Å². The smallest absolute Gasteiger partial charge is 0.258 e. The summed E-state index contributed by atoms with van der Waals surface area (Å²) in [7, 11) is 1.56. The van der Waals surface area contributed by atoms with E-state index in [4.69, 9.17) is 15.2 Å². The first-order valence-electron chi connectivity index (χ1n) is 5.92. The van der Waals surface area contributed by atoms with Crippen LogP contribution in [0.3, 0.4) is 0 Å². The largest absolute Gasteiger partial charge is 0.497 e. The standard InChI is InChI=1S/C13H20N2O3/c1-4-9(2)15-13(16)8-18-12-7-10(17-3)5-6-11(12)14/h5-7,9H,4,8,14H2,1-3H3,(H,15,16). The molecule has 5 nitrogen and oxygen atoms in total. The number of methoxy groups -OCH3 is 1. The Balaban J connectivity index is 2.55. The number of nitrogens with two attached hydrogens (primary N) is 1. The molecule has 1 rings (SSSR count). The lowest BCUT2D eigenvalue weighted by Gasteiger charge is -2.13. The highest BCUT2D eigenvalue weighted by Gasteiger charge is 2.08. The molecule has 0 saturated carbocycles. The van der Waals surface area contributed by atoms with Crippen LogP contribution in [0.4, 0.5) is 5.69 Å². The van der Waals surface area contributed by atoms with Crippen LogP contribution < -0.4 is 20.5 Å². The van der Waals surface area contributed by atoms with Crippen molar-refractivity contribution < 1.29 is 14.3 Å². The molecule has 0 aliphatic carbocycles. The molecule has 100 valence electrons. The minimum atomic E-state index is -0.161. The van der Waals surface area contributed by atoms with E-state index in [0.717, 1.165) is 6.42 Å². The van der Waals surface area contributed by atoms with Gasteiger partial charge in [-0.2, -0.15) is 0 Å². The molecular weight excluding hydrogens is 232 g/mol. The molecule has 1 unspecified atom stereocenters. The van der Waals surface area contributed by atoms with E-state index in [-0.39, 0.29) is 18.6 Å². The Bertz CT molecular complexity index is 407. The third-order valence-corrected chi connectivity index (χ3v) is 2.60. The van der Waals surface area contributed by atoms with Crippen molar-refractivity contribution in [2.24, 2.45) is 0 Å². The molecule has 1 aromatic carbocycles. The minimum Gasteiger partial charge on any atom is -0.497 e. The summed E-state index contributed by atoms with van der Waals surface area (Å²) in [5, 5.41) is 2.81. The van der Waals surface area contributed by atoms with Crippen LogP contribution >= 0.6 is 0 Å². The first-order valence-corrected chi connectivity index (χ1v) is 5.92. The summed E-state index contributed by atoms with van der Waals surface area (Å²) < 4.78 is 10.4. The number of rotatable bonds is 6. The lowest BCUT2D eigenvalue weighted by molar-refractivity contribution is -0.123. The van der Waals surface area contributed by atoms with Gasteiger partial charge in [0.05, 0.1) is 12.8 Å². The van der Waals surface area contributed by atoms with Gasteiger partial charge in [-0.15, -0.1) is 0 Å². The highest BCUT2D eigenvalue weighted by atomic mass is 16.5. The molecule has 1 amide bonds. The van der Waals surface area contributed by atoms with Crippen molar-refractivity contribution in [1.29, 1.82) is 0 Å². The van der Waals surface area contributed by atoms with Crippen molar-refractivity contribution in [3.05, 3.63) is 18.2 Å². The van der Waals surface area contributed by atoms with Gasteiger partial charge in [0, 0.05) is 12.1 Å². The maximum Gasteiger partial charge on any atom is 0.258 e. The van der Waals surface area contributed by atoms with Crippen LogP contribution in [0.1, 0.15) is 20.3 Å². The zero-order valence-electron chi connectivity index (χ0n) is 11.0. The molecule has 0 radical (unpaired) electrons. The number of hydrogen-bond acceptors (Lipinski definition) is 4. The summed E-state index contributed by atoms with van der Waals surface area (Å²) in [6.45, 7) is 3.89. The number of carbonyl (C=O) groups is 1. The number of hydrogen-bond donors (Lipinski definition) is 2. The zero-order chi connectivity index (χ0) is 13.5. The molecule has 0 spiro atoms. The Hall–Kier alpha value is -1.91. The molecule has 3 N–H and O–H groups in total. The van der Waals surface area contributed by atoms with E-state index in [2.05, 4.69) is 5.32 Å². The van der Waals surface area contributed by atoms with Crippen LogP contribution in [0, 0.1) is 0 Å². The van der Waals surface area contributed by atoms with Crippen molar-refractivity contribution in [3.8, 4) is 11.5 Å². The van der Waals surface area contributed by atoms with Crippen molar-refractivity contribution in [3.63, 3.8) is 0 Å². The Morgan fingerprint density at radius 1 is 1.50 bits per heavy atom. The Morgan fingerprint density at radius 2 is 2.22 bits per heavy atom. The van der Waals surface area contributed by atoms with Gasteiger partial charge in [0.1, 0.15) is 11.5 Å². The number of benzene rings is 1. The summed E-state index contributed by atoms with van der Waals surface area (Å²) in [6, 6.07) is 5.22. The summed E-state index contributed by atoms with van der Waals surface area (Å²) in [5.41, 5.74) is 6.22. The number of nitrogen functional groups attached to an aromatic ring is 1. The number of amides is 1. The fraction of sp³-hybridized carbons (Fsp3) is 0.462. The summed E-state index contributed by atoms with van der Waals surface area (Å²) in [6.07, 6.45) is 0.882. The van der Waals surface area contributed by atoms with Gasteiger partial charge in [-0.25, -0.2) is 0 Å². The van der Waals surface area contributed by atoms with Crippen molar-refractivity contribution in [1.82, 2.24) is 5.32 Å². The second-order valence-corrected chi connectivity index (χ2v) is 4.07. The lowest BCUT2D eigenvalue weighted by atomic mass is 10.2. The first-order chi connectivity index (χ1) is 8.56. The lowest BCUT2D eigenvalue weighted by Crippen LogP contribution is -2.35. The monoisotopic (exact) mass is 252 g/mol. The molecule has 0 bridgehead atoms. The molecule has 0 saturated heterocycles. The maximum atomic E-state index is 11.5. The second-order valence-electron chi connectivity index (χ2n) is 4.07. The first kappa shape index (κ1) is 14.2. The molecule has 0 heterocycles. The third-order valence-electron chi connectivity index (χ3n) is 2.60. The predicted molar refractivity (Wildman–Crippen MR) is 70.8 cm³/mol. The zero-order valence-corrected chi connectivity index (χ0v) is 11.0. The molecule has 0 aliphatic heterocycles. The number of nitrogens with one attached hydrogen (secondary N) is 1. The quantitative estimate of drug-likeness (QED) is 0.754. The molecule has 1 atom stereocenters. The van der Waals surface area contributed by atoms with Gasteiger partial charge in [0.15, 0.2) is 6.61 Å². The number of anilines is 1. The summed E-state index contributed by atoms with van der Waals surface area (Å²) in [5.74, 6) is 0.932. The van der Waals surface area contributed by atoms with Gasteiger partial charge < -0.3 is 20.5 Å².